The molecule has 0 spiro atoms. The molecule has 2 rings (SSSR count). The van der Waals surface area contributed by atoms with Crippen molar-refractivity contribution in [1.29, 1.82) is 0 Å². The third-order valence-electron chi connectivity index (χ3n) is 2.67. The summed E-state index contributed by atoms with van der Waals surface area (Å²) in [5.41, 5.74) is 1.71. The molecule has 2 heterocycles. The summed E-state index contributed by atoms with van der Waals surface area (Å²) >= 11 is 5.98. The number of aromatic nitrogens is 2. The fourth-order valence-electron chi connectivity index (χ4n) is 1.67. The predicted octanol–water partition coefficient (Wildman–Crippen LogP) is 3.49. The second kappa shape index (κ2) is 5.88. The topological polar surface area (TPSA) is 72.3 Å². The number of rotatable bonds is 4. The van der Waals surface area contributed by atoms with Crippen molar-refractivity contribution < 1.29 is 14.6 Å². The van der Waals surface area contributed by atoms with Gasteiger partial charge in [-0.2, -0.15) is 0 Å². The van der Waals surface area contributed by atoms with Crippen LogP contribution in [-0.4, -0.2) is 21.0 Å². The van der Waals surface area contributed by atoms with Crippen LogP contribution in [0.4, 0.5) is 0 Å². The Morgan fingerprint density at radius 1 is 1.45 bits per heavy atom. The van der Waals surface area contributed by atoms with Crippen molar-refractivity contribution in [3.63, 3.8) is 0 Å². The van der Waals surface area contributed by atoms with Crippen LogP contribution < -0.4 is 4.74 Å². The van der Waals surface area contributed by atoms with E-state index in [1.807, 2.05) is 19.9 Å². The summed E-state index contributed by atoms with van der Waals surface area (Å²) in [6.45, 7) is 3.87. The zero-order valence-electron chi connectivity index (χ0n) is 11.1. The van der Waals surface area contributed by atoms with E-state index in [9.17, 15) is 4.79 Å². The molecule has 0 fully saturated rings. The average molecular weight is 293 g/mol. The zero-order valence-corrected chi connectivity index (χ0v) is 11.8. The number of ether oxygens (including phenoxy) is 1. The molecule has 0 atom stereocenters. The van der Waals surface area contributed by atoms with Crippen molar-refractivity contribution in [1.82, 2.24) is 9.97 Å². The van der Waals surface area contributed by atoms with Gasteiger partial charge in [-0.15, -0.1) is 0 Å². The van der Waals surface area contributed by atoms with Crippen molar-refractivity contribution in [2.75, 3.05) is 0 Å². The Morgan fingerprint density at radius 2 is 2.20 bits per heavy atom. The second-order valence-corrected chi connectivity index (χ2v) is 4.58. The third-order valence-corrected chi connectivity index (χ3v) is 2.94. The number of aryl methyl sites for hydroxylation is 2. The number of pyridine rings is 2. The van der Waals surface area contributed by atoms with Crippen LogP contribution in [0.3, 0.4) is 0 Å². The number of halogens is 1. The minimum absolute atomic E-state index is 0.0140. The number of hydrogen-bond donors (Lipinski definition) is 1. The van der Waals surface area contributed by atoms with Gasteiger partial charge in [0.05, 0.1) is 11.3 Å². The van der Waals surface area contributed by atoms with Crippen LogP contribution in [0.1, 0.15) is 28.7 Å². The minimum Gasteiger partial charge on any atom is -0.478 e. The van der Waals surface area contributed by atoms with Crippen LogP contribution in [0.15, 0.2) is 24.4 Å². The van der Waals surface area contributed by atoms with Crippen molar-refractivity contribution in [2.24, 2.45) is 0 Å². The summed E-state index contributed by atoms with van der Waals surface area (Å²) in [7, 11) is 0. The number of carboxylic acid groups (broad SMARTS) is 1. The standard InChI is InChI=1S/C14H13ClN2O3/c1-3-11-12(5-4-8(2)17-11)20-13-10(15)6-9(7-16-13)14(18)19/h4-7H,3H2,1-2H3,(H,18,19). The highest BCUT2D eigenvalue weighted by Gasteiger charge is 2.12. The molecule has 0 radical (unpaired) electrons. The largest absolute Gasteiger partial charge is 0.478 e. The fraction of sp³-hybridized carbons (Fsp3) is 0.214. The predicted molar refractivity (Wildman–Crippen MR) is 74.6 cm³/mol. The molecule has 0 aliphatic carbocycles. The van der Waals surface area contributed by atoms with E-state index in [2.05, 4.69) is 9.97 Å². The highest BCUT2D eigenvalue weighted by molar-refractivity contribution is 6.32. The summed E-state index contributed by atoms with van der Waals surface area (Å²) in [6, 6.07) is 4.93. The van der Waals surface area contributed by atoms with Gasteiger partial charge >= 0.3 is 5.97 Å². The molecule has 2 aromatic heterocycles. The number of carboxylic acids is 1. The Kier molecular flexibility index (Phi) is 4.20. The van der Waals surface area contributed by atoms with E-state index in [4.69, 9.17) is 21.4 Å². The maximum Gasteiger partial charge on any atom is 0.337 e. The van der Waals surface area contributed by atoms with Crippen molar-refractivity contribution in [2.45, 2.75) is 20.3 Å². The van der Waals surface area contributed by atoms with E-state index in [1.165, 1.54) is 12.3 Å². The third kappa shape index (κ3) is 3.05. The van der Waals surface area contributed by atoms with Crippen molar-refractivity contribution in [3.05, 3.63) is 46.4 Å². The molecule has 0 amide bonds. The van der Waals surface area contributed by atoms with E-state index in [0.29, 0.717) is 12.2 Å². The van der Waals surface area contributed by atoms with E-state index in [1.54, 1.807) is 6.07 Å². The zero-order chi connectivity index (χ0) is 14.7. The lowest BCUT2D eigenvalue weighted by Crippen LogP contribution is -2.00. The van der Waals surface area contributed by atoms with Gasteiger partial charge in [-0.05, 0) is 31.5 Å². The maximum absolute atomic E-state index is 10.8. The Hall–Kier alpha value is -2.14. The number of carbonyl (C=O) groups is 1. The maximum atomic E-state index is 10.8. The molecule has 6 heteroatoms. The summed E-state index contributed by atoms with van der Waals surface area (Å²) in [4.78, 5) is 19.1. The molecule has 0 unspecified atom stereocenters. The van der Waals surface area contributed by atoms with Crippen molar-refractivity contribution >= 4 is 17.6 Å². The summed E-state index contributed by atoms with van der Waals surface area (Å²) < 4.78 is 5.62. The van der Waals surface area contributed by atoms with E-state index < -0.39 is 5.97 Å². The Balaban J connectivity index is 2.33. The second-order valence-electron chi connectivity index (χ2n) is 4.17. The van der Waals surface area contributed by atoms with Crippen LogP contribution in [-0.2, 0) is 6.42 Å². The Bertz CT molecular complexity index is 659. The molecule has 104 valence electrons. The van der Waals surface area contributed by atoms with Gasteiger partial charge < -0.3 is 9.84 Å². The van der Waals surface area contributed by atoms with Gasteiger partial charge in [0.15, 0.2) is 5.75 Å². The van der Waals surface area contributed by atoms with Crippen LogP contribution in [0, 0.1) is 6.92 Å². The minimum atomic E-state index is -1.09. The van der Waals surface area contributed by atoms with Crippen LogP contribution in [0.2, 0.25) is 5.02 Å². The van der Waals surface area contributed by atoms with Gasteiger partial charge in [0.25, 0.3) is 0 Å². The van der Waals surface area contributed by atoms with Gasteiger partial charge in [-0.25, -0.2) is 9.78 Å². The van der Waals surface area contributed by atoms with E-state index >= 15 is 0 Å². The first kappa shape index (κ1) is 14.3. The van der Waals surface area contributed by atoms with Crippen molar-refractivity contribution in [3.8, 4) is 11.6 Å². The van der Waals surface area contributed by atoms with Gasteiger partial charge in [-0.3, -0.25) is 4.98 Å². The quantitative estimate of drug-likeness (QED) is 0.934. The molecule has 0 saturated carbocycles. The average Bonchev–Trinajstić information content (AvgIpc) is 2.42. The normalized spacial score (nSPS) is 10.3. The molecule has 5 nitrogen and oxygen atoms in total. The lowest BCUT2D eigenvalue weighted by Gasteiger charge is -2.10. The SMILES string of the molecule is CCc1nc(C)ccc1Oc1ncc(C(=O)O)cc1Cl. The number of nitrogens with zero attached hydrogens (tertiary/aromatic N) is 2. The summed E-state index contributed by atoms with van der Waals surface area (Å²) in [5.74, 6) is -0.357. The highest BCUT2D eigenvalue weighted by atomic mass is 35.5. The Labute approximate surface area is 121 Å². The first-order valence-corrected chi connectivity index (χ1v) is 6.42. The number of hydrogen-bond acceptors (Lipinski definition) is 4. The first-order chi connectivity index (χ1) is 9.51. The molecule has 0 aromatic carbocycles. The van der Waals surface area contributed by atoms with Gasteiger partial charge in [-0.1, -0.05) is 18.5 Å². The summed E-state index contributed by atoms with van der Waals surface area (Å²) in [6.07, 6.45) is 1.92. The molecular weight excluding hydrogens is 280 g/mol. The van der Waals surface area contributed by atoms with E-state index in [0.717, 1.165) is 11.4 Å². The lowest BCUT2D eigenvalue weighted by atomic mass is 10.2. The summed E-state index contributed by atoms with van der Waals surface area (Å²) in [5, 5.41) is 9.00. The number of aromatic carboxylic acids is 1. The molecule has 2 aromatic rings. The van der Waals surface area contributed by atoms with Gasteiger partial charge in [0, 0.05) is 11.9 Å². The highest BCUT2D eigenvalue weighted by Crippen LogP contribution is 2.29. The van der Waals surface area contributed by atoms with Crippen LogP contribution >= 0.6 is 11.6 Å². The lowest BCUT2D eigenvalue weighted by molar-refractivity contribution is 0.0696. The molecule has 1 N–H and O–H groups in total. The molecule has 0 saturated heterocycles. The van der Waals surface area contributed by atoms with Gasteiger partial charge in [0.1, 0.15) is 5.02 Å². The van der Waals surface area contributed by atoms with E-state index in [-0.39, 0.29) is 16.5 Å². The molecule has 0 aliphatic heterocycles. The van der Waals surface area contributed by atoms with Crippen LogP contribution in [0.25, 0.3) is 0 Å². The fourth-order valence-corrected chi connectivity index (χ4v) is 1.87. The van der Waals surface area contributed by atoms with Gasteiger partial charge in [0.2, 0.25) is 5.88 Å². The Morgan fingerprint density at radius 3 is 2.80 bits per heavy atom. The molecular formula is C14H13ClN2O3. The molecule has 0 bridgehead atoms. The molecule has 0 aliphatic rings. The first-order valence-electron chi connectivity index (χ1n) is 6.04. The smallest absolute Gasteiger partial charge is 0.337 e. The monoisotopic (exact) mass is 292 g/mol. The van der Waals surface area contributed by atoms with Crippen LogP contribution in [0.5, 0.6) is 11.6 Å². The molecule has 20 heavy (non-hydrogen) atoms.